The van der Waals surface area contributed by atoms with Crippen LogP contribution in [0.25, 0.3) is 0 Å². The molecule has 20 heavy (non-hydrogen) atoms. The SMILES string of the molecule is CC[C@H]1O[C@@H](n2ccc(N)nc2=O)C(OCCO)[C@H]1C. The van der Waals surface area contributed by atoms with Crippen LogP contribution in [0.4, 0.5) is 5.82 Å². The summed E-state index contributed by atoms with van der Waals surface area (Å²) in [7, 11) is 0. The van der Waals surface area contributed by atoms with Crippen LogP contribution in [0.3, 0.4) is 0 Å². The molecule has 1 aromatic heterocycles. The summed E-state index contributed by atoms with van der Waals surface area (Å²) in [5, 5.41) is 8.92. The topological polar surface area (TPSA) is 99.6 Å². The van der Waals surface area contributed by atoms with Crippen molar-refractivity contribution in [2.24, 2.45) is 5.92 Å². The second kappa shape index (κ2) is 6.34. The van der Waals surface area contributed by atoms with Crippen molar-refractivity contribution in [3.8, 4) is 0 Å². The summed E-state index contributed by atoms with van der Waals surface area (Å²) < 4.78 is 13.0. The van der Waals surface area contributed by atoms with Gasteiger partial charge in [-0.05, 0) is 12.5 Å². The maximum Gasteiger partial charge on any atom is 0.351 e. The summed E-state index contributed by atoms with van der Waals surface area (Å²) in [6, 6.07) is 1.55. The number of nitrogens with zero attached hydrogens (tertiary/aromatic N) is 2. The number of nitrogens with two attached hydrogens (primary N) is 1. The quantitative estimate of drug-likeness (QED) is 0.797. The smallest absolute Gasteiger partial charge is 0.351 e. The second-order valence-electron chi connectivity index (χ2n) is 4.93. The maximum atomic E-state index is 11.9. The Hall–Kier alpha value is -1.44. The zero-order valence-corrected chi connectivity index (χ0v) is 11.7. The van der Waals surface area contributed by atoms with Crippen molar-refractivity contribution < 1.29 is 14.6 Å². The van der Waals surface area contributed by atoms with Gasteiger partial charge in [0.15, 0.2) is 6.23 Å². The fraction of sp³-hybridized carbons (Fsp3) is 0.692. The number of hydrogen-bond acceptors (Lipinski definition) is 6. The van der Waals surface area contributed by atoms with E-state index in [-0.39, 0.29) is 37.2 Å². The third kappa shape index (κ3) is 2.84. The van der Waals surface area contributed by atoms with Gasteiger partial charge in [-0.3, -0.25) is 4.57 Å². The molecular weight excluding hydrogens is 262 g/mol. The number of hydrogen-bond donors (Lipinski definition) is 2. The summed E-state index contributed by atoms with van der Waals surface area (Å²) in [6.45, 7) is 4.19. The number of nitrogen functional groups attached to an aromatic ring is 1. The van der Waals surface area contributed by atoms with Gasteiger partial charge in [0.25, 0.3) is 0 Å². The molecule has 112 valence electrons. The monoisotopic (exact) mass is 283 g/mol. The van der Waals surface area contributed by atoms with E-state index < -0.39 is 11.9 Å². The third-order valence-electron chi connectivity index (χ3n) is 3.63. The summed E-state index contributed by atoms with van der Waals surface area (Å²) in [5.74, 6) is 0.304. The Kier molecular flexibility index (Phi) is 4.74. The molecule has 7 heteroatoms. The van der Waals surface area contributed by atoms with Crippen LogP contribution >= 0.6 is 0 Å². The van der Waals surface area contributed by atoms with Crippen molar-refractivity contribution in [1.82, 2.24) is 9.55 Å². The summed E-state index contributed by atoms with van der Waals surface area (Å²) in [4.78, 5) is 15.6. The Morgan fingerprint density at radius 1 is 1.60 bits per heavy atom. The van der Waals surface area contributed by atoms with Gasteiger partial charge in [0.05, 0.1) is 19.3 Å². The minimum atomic E-state index is -0.540. The number of aromatic nitrogens is 2. The molecule has 0 radical (unpaired) electrons. The fourth-order valence-corrected chi connectivity index (χ4v) is 2.59. The molecule has 7 nitrogen and oxygen atoms in total. The normalized spacial score (nSPS) is 29.8. The van der Waals surface area contributed by atoms with E-state index >= 15 is 0 Å². The lowest BCUT2D eigenvalue weighted by molar-refractivity contribution is -0.0719. The third-order valence-corrected chi connectivity index (χ3v) is 3.63. The van der Waals surface area contributed by atoms with Crippen molar-refractivity contribution in [2.75, 3.05) is 18.9 Å². The highest BCUT2D eigenvalue weighted by molar-refractivity contribution is 5.23. The predicted octanol–water partition coefficient (Wildman–Crippen LogP) is 0.146. The van der Waals surface area contributed by atoms with Crippen LogP contribution in [-0.2, 0) is 9.47 Å². The van der Waals surface area contributed by atoms with Crippen molar-refractivity contribution in [1.29, 1.82) is 0 Å². The molecule has 1 aliphatic heterocycles. The molecule has 1 saturated heterocycles. The van der Waals surface area contributed by atoms with Crippen LogP contribution in [0.1, 0.15) is 26.5 Å². The zero-order chi connectivity index (χ0) is 14.7. The lowest BCUT2D eigenvalue weighted by atomic mass is 9.98. The molecule has 0 bridgehead atoms. The van der Waals surface area contributed by atoms with Crippen molar-refractivity contribution >= 4 is 5.82 Å². The average molecular weight is 283 g/mol. The van der Waals surface area contributed by atoms with Crippen LogP contribution in [0.2, 0.25) is 0 Å². The van der Waals surface area contributed by atoms with E-state index in [1.807, 2.05) is 13.8 Å². The van der Waals surface area contributed by atoms with Crippen LogP contribution in [0, 0.1) is 5.92 Å². The van der Waals surface area contributed by atoms with E-state index in [1.54, 1.807) is 12.3 Å². The number of aliphatic hydroxyl groups excluding tert-OH is 1. The van der Waals surface area contributed by atoms with Crippen molar-refractivity contribution in [2.45, 2.75) is 38.7 Å². The first-order valence-electron chi connectivity index (χ1n) is 6.81. The Labute approximate surface area is 117 Å². The summed E-state index contributed by atoms with van der Waals surface area (Å²) in [5.41, 5.74) is 5.03. The molecule has 0 aromatic carbocycles. The standard InChI is InChI=1S/C13H21N3O4/c1-3-9-8(2)11(19-7-6-17)12(20-9)16-5-4-10(14)15-13(16)18/h4-5,8-9,11-12,17H,3,6-7H2,1-2H3,(H2,14,15,18)/t8-,9+,11?,12+/m0/s1. The lowest BCUT2D eigenvalue weighted by Gasteiger charge is -2.22. The van der Waals surface area contributed by atoms with Gasteiger partial charge in [-0.1, -0.05) is 13.8 Å². The molecule has 0 aliphatic carbocycles. The number of aliphatic hydroxyl groups is 1. The molecule has 1 aliphatic rings. The number of ether oxygens (including phenoxy) is 2. The van der Waals surface area contributed by atoms with Gasteiger partial charge in [-0.15, -0.1) is 0 Å². The van der Waals surface area contributed by atoms with Gasteiger partial charge in [-0.2, -0.15) is 4.98 Å². The summed E-state index contributed by atoms with van der Waals surface area (Å²) >= 11 is 0. The van der Waals surface area contributed by atoms with Crippen LogP contribution in [0.5, 0.6) is 0 Å². The van der Waals surface area contributed by atoms with E-state index in [1.165, 1.54) is 4.57 Å². The van der Waals surface area contributed by atoms with Gasteiger partial charge in [-0.25, -0.2) is 4.79 Å². The Morgan fingerprint density at radius 3 is 2.95 bits per heavy atom. The van der Waals surface area contributed by atoms with E-state index in [4.69, 9.17) is 20.3 Å². The molecule has 1 aromatic rings. The molecule has 1 unspecified atom stereocenters. The van der Waals surface area contributed by atoms with Gasteiger partial charge in [0.1, 0.15) is 11.9 Å². The Morgan fingerprint density at radius 2 is 2.35 bits per heavy atom. The molecular formula is C13H21N3O4. The number of rotatable bonds is 5. The average Bonchev–Trinajstić information content (AvgIpc) is 2.73. The number of anilines is 1. The first-order chi connectivity index (χ1) is 9.58. The molecule has 0 saturated carbocycles. The highest BCUT2D eigenvalue weighted by Gasteiger charge is 2.43. The van der Waals surface area contributed by atoms with Crippen molar-refractivity contribution in [3.63, 3.8) is 0 Å². The largest absolute Gasteiger partial charge is 0.394 e. The van der Waals surface area contributed by atoms with Crippen molar-refractivity contribution in [3.05, 3.63) is 22.7 Å². The highest BCUT2D eigenvalue weighted by Crippen LogP contribution is 2.36. The van der Waals surface area contributed by atoms with Crippen LogP contribution in [-0.4, -0.2) is 40.1 Å². The van der Waals surface area contributed by atoms with E-state index in [9.17, 15) is 4.79 Å². The molecule has 2 heterocycles. The Bertz CT molecular complexity index is 505. The predicted molar refractivity (Wildman–Crippen MR) is 73.1 cm³/mol. The molecule has 0 amide bonds. The first kappa shape index (κ1) is 15.0. The first-order valence-corrected chi connectivity index (χ1v) is 6.81. The van der Waals surface area contributed by atoms with Gasteiger partial charge in [0, 0.05) is 12.1 Å². The van der Waals surface area contributed by atoms with E-state index in [0.29, 0.717) is 0 Å². The molecule has 4 atom stereocenters. The lowest BCUT2D eigenvalue weighted by Crippen LogP contribution is -2.35. The Balaban J connectivity index is 2.29. The highest BCUT2D eigenvalue weighted by atomic mass is 16.6. The van der Waals surface area contributed by atoms with Gasteiger partial charge >= 0.3 is 5.69 Å². The minimum Gasteiger partial charge on any atom is -0.394 e. The van der Waals surface area contributed by atoms with E-state index in [0.717, 1.165) is 6.42 Å². The minimum absolute atomic E-state index is 0.00754. The molecule has 0 spiro atoms. The zero-order valence-electron chi connectivity index (χ0n) is 11.7. The molecule has 1 fully saturated rings. The molecule has 3 N–H and O–H groups in total. The summed E-state index contributed by atoms with van der Waals surface area (Å²) in [6.07, 6.45) is 1.56. The van der Waals surface area contributed by atoms with Gasteiger partial charge in [0.2, 0.25) is 0 Å². The fourth-order valence-electron chi connectivity index (χ4n) is 2.59. The van der Waals surface area contributed by atoms with Crippen LogP contribution in [0.15, 0.2) is 17.1 Å². The van der Waals surface area contributed by atoms with Crippen LogP contribution < -0.4 is 11.4 Å². The maximum absolute atomic E-state index is 11.9. The van der Waals surface area contributed by atoms with Gasteiger partial charge < -0.3 is 20.3 Å². The van der Waals surface area contributed by atoms with E-state index in [2.05, 4.69) is 4.98 Å². The molecule has 2 rings (SSSR count). The second-order valence-corrected chi connectivity index (χ2v) is 4.93.